The number of hydrogen-bond acceptors (Lipinski definition) is 2. The number of carbonyl (C=O) groups is 1. The van der Waals surface area contributed by atoms with Gasteiger partial charge in [-0.1, -0.05) is 26.0 Å². The quantitative estimate of drug-likeness (QED) is 0.764. The van der Waals surface area contributed by atoms with E-state index in [2.05, 4.69) is 13.8 Å². The molecule has 0 spiro atoms. The standard InChI is InChI=1S/C17H23FO2/c1-4-20-17(10-8-16(2,3)9-11-17)15(19)13-6-5-7-14(18)12-13/h5-7,12H,4,8-11H2,1-3H3. The predicted molar refractivity (Wildman–Crippen MR) is 77.3 cm³/mol. The van der Waals surface area contributed by atoms with Gasteiger partial charge >= 0.3 is 0 Å². The summed E-state index contributed by atoms with van der Waals surface area (Å²) in [6.45, 7) is 6.84. The third kappa shape index (κ3) is 3.09. The van der Waals surface area contributed by atoms with Crippen molar-refractivity contribution in [1.82, 2.24) is 0 Å². The summed E-state index contributed by atoms with van der Waals surface area (Å²) in [4.78, 5) is 12.8. The Balaban J connectivity index is 2.27. The molecule has 0 saturated heterocycles. The van der Waals surface area contributed by atoms with Gasteiger partial charge < -0.3 is 4.74 Å². The summed E-state index contributed by atoms with van der Waals surface area (Å²) in [6, 6.07) is 5.91. The highest BCUT2D eigenvalue weighted by Gasteiger charge is 2.44. The lowest BCUT2D eigenvalue weighted by Crippen LogP contribution is -2.46. The van der Waals surface area contributed by atoms with Gasteiger partial charge in [0.05, 0.1) is 0 Å². The average molecular weight is 278 g/mol. The smallest absolute Gasteiger partial charge is 0.194 e. The van der Waals surface area contributed by atoms with Crippen LogP contribution in [0.5, 0.6) is 0 Å². The van der Waals surface area contributed by atoms with Crippen molar-refractivity contribution in [2.75, 3.05) is 6.61 Å². The fourth-order valence-corrected chi connectivity index (χ4v) is 2.94. The predicted octanol–water partition coefficient (Wildman–Crippen LogP) is 4.38. The topological polar surface area (TPSA) is 26.3 Å². The molecule has 1 aliphatic rings. The molecule has 1 saturated carbocycles. The summed E-state index contributed by atoms with van der Waals surface area (Å²) in [5, 5.41) is 0. The molecule has 1 fully saturated rings. The first-order valence-electron chi connectivity index (χ1n) is 7.33. The lowest BCUT2D eigenvalue weighted by Gasteiger charge is -2.42. The van der Waals surface area contributed by atoms with Crippen molar-refractivity contribution < 1.29 is 13.9 Å². The fourth-order valence-electron chi connectivity index (χ4n) is 2.94. The van der Waals surface area contributed by atoms with Crippen LogP contribution in [0, 0.1) is 11.2 Å². The van der Waals surface area contributed by atoms with E-state index in [1.165, 1.54) is 12.1 Å². The minimum absolute atomic E-state index is 0.0747. The highest BCUT2D eigenvalue weighted by atomic mass is 19.1. The van der Waals surface area contributed by atoms with Crippen molar-refractivity contribution in [1.29, 1.82) is 0 Å². The van der Waals surface area contributed by atoms with Crippen LogP contribution in [0.3, 0.4) is 0 Å². The lowest BCUT2D eigenvalue weighted by molar-refractivity contribution is -0.0580. The van der Waals surface area contributed by atoms with Gasteiger partial charge in [-0.3, -0.25) is 4.79 Å². The largest absolute Gasteiger partial charge is 0.367 e. The number of rotatable bonds is 4. The second kappa shape index (κ2) is 5.65. The number of hydrogen-bond donors (Lipinski definition) is 0. The van der Waals surface area contributed by atoms with E-state index in [9.17, 15) is 9.18 Å². The molecule has 20 heavy (non-hydrogen) atoms. The first kappa shape index (κ1) is 15.2. The molecule has 110 valence electrons. The summed E-state index contributed by atoms with van der Waals surface area (Å²) in [7, 11) is 0. The Kier molecular flexibility index (Phi) is 4.28. The summed E-state index contributed by atoms with van der Waals surface area (Å²) >= 11 is 0. The van der Waals surface area contributed by atoms with Crippen LogP contribution in [0.2, 0.25) is 0 Å². The van der Waals surface area contributed by atoms with E-state index in [1.54, 1.807) is 12.1 Å². The normalized spacial score (nSPS) is 20.6. The van der Waals surface area contributed by atoms with Gasteiger partial charge in [-0.25, -0.2) is 4.39 Å². The van der Waals surface area contributed by atoms with Crippen LogP contribution in [0.4, 0.5) is 4.39 Å². The Bertz CT molecular complexity index is 484. The number of Topliss-reactive ketones (excluding diaryl/α,β-unsaturated/α-hetero) is 1. The Morgan fingerprint density at radius 2 is 1.90 bits per heavy atom. The molecule has 2 rings (SSSR count). The molecular weight excluding hydrogens is 255 g/mol. The Morgan fingerprint density at radius 3 is 2.45 bits per heavy atom. The van der Waals surface area contributed by atoms with Gasteiger partial charge in [-0.2, -0.15) is 0 Å². The molecule has 0 N–H and O–H groups in total. The van der Waals surface area contributed by atoms with Crippen LogP contribution >= 0.6 is 0 Å². The summed E-state index contributed by atoms with van der Waals surface area (Å²) in [5.41, 5.74) is -0.0981. The Hall–Kier alpha value is -1.22. The molecule has 0 heterocycles. The number of halogens is 1. The maximum absolute atomic E-state index is 13.3. The molecule has 0 unspecified atom stereocenters. The fraction of sp³-hybridized carbons (Fsp3) is 0.588. The molecule has 0 bridgehead atoms. The molecule has 2 nitrogen and oxygen atoms in total. The van der Waals surface area contributed by atoms with E-state index in [0.717, 1.165) is 12.8 Å². The number of carbonyl (C=O) groups excluding carboxylic acids is 1. The van der Waals surface area contributed by atoms with E-state index in [1.807, 2.05) is 6.92 Å². The third-order valence-corrected chi connectivity index (χ3v) is 4.33. The molecule has 0 aliphatic heterocycles. The van der Waals surface area contributed by atoms with Crippen LogP contribution in [-0.4, -0.2) is 18.0 Å². The Labute approximate surface area is 120 Å². The van der Waals surface area contributed by atoms with E-state index in [4.69, 9.17) is 4.74 Å². The third-order valence-electron chi connectivity index (χ3n) is 4.33. The van der Waals surface area contributed by atoms with Crippen molar-refractivity contribution in [2.45, 2.75) is 52.1 Å². The zero-order valence-electron chi connectivity index (χ0n) is 12.5. The highest BCUT2D eigenvalue weighted by molar-refractivity contribution is 6.02. The van der Waals surface area contributed by atoms with E-state index < -0.39 is 5.60 Å². The summed E-state index contributed by atoms with van der Waals surface area (Å²) in [6.07, 6.45) is 3.33. The SMILES string of the molecule is CCOC1(C(=O)c2cccc(F)c2)CCC(C)(C)CC1. The van der Waals surface area contributed by atoms with Crippen LogP contribution < -0.4 is 0 Å². The van der Waals surface area contributed by atoms with Gasteiger partial charge in [-0.05, 0) is 50.2 Å². The van der Waals surface area contributed by atoms with Gasteiger partial charge in [0.15, 0.2) is 5.78 Å². The monoisotopic (exact) mass is 278 g/mol. The van der Waals surface area contributed by atoms with Crippen molar-refractivity contribution in [2.24, 2.45) is 5.41 Å². The van der Waals surface area contributed by atoms with Gasteiger partial charge in [0, 0.05) is 12.2 Å². The van der Waals surface area contributed by atoms with E-state index in [-0.39, 0.29) is 17.0 Å². The van der Waals surface area contributed by atoms with Gasteiger partial charge in [0.25, 0.3) is 0 Å². The minimum Gasteiger partial charge on any atom is -0.367 e. The van der Waals surface area contributed by atoms with Crippen LogP contribution in [0.25, 0.3) is 0 Å². The molecule has 3 heteroatoms. The second-order valence-electron chi connectivity index (χ2n) is 6.43. The van der Waals surface area contributed by atoms with Crippen molar-refractivity contribution in [3.63, 3.8) is 0 Å². The maximum atomic E-state index is 13.3. The maximum Gasteiger partial charge on any atom is 0.194 e. The van der Waals surface area contributed by atoms with Gasteiger partial charge in [0.1, 0.15) is 11.4 Å². The van der Waals surface area contributed by atoms with E-state index in [0.29, 0.717) is 25.0 Å². The molecule has 0 atom stereocenters. The van der Waals surface area contributed by atoms with Crippen LogP contribution in [-0.2, 0) is 4.74 Å². The first-order valence-corrected chi connectivity index (χ1v) is 7.33. The molecule has 0 radical (unpaired) electrons. The molecule has 1 aromatic carbocycles. The Morgan fingerprint density at radius 1 is 1.25 bits per heavy atom. The van der Waals surface area contributed by atoms with Crippen LogP contribution in [0.15, 0.2) is 24.3 Å². The number of ether oxygens (including phenoxy) is 1. The van der Waals surface area contributed by atoms with Crippen LogP contribution in [0.1, 0.15) is 56.8 Å². The first-order chi connectivity index (χ1) is 9.38. The minimum atomic E-state index is -0.766. The lowest BCUT2D eigenvalue weighted by atomic mass is 9.68. The van der Waals surface area contributed by atoms with Crippen molar-refractivity contribution in [3.8, 4) is 0 Å². The average Bonchev–Trinajstić information content (AvgIpc) is 2.41. The summed E-state index contributed by atoms with van der Waals surface area (Å²) < 4.78 is 19.2. The molecule has 0 amide bonds. The zero-order chi connectivity index (χ0) is 14.8. The zero-order valence-corrected chi connectivity index (χ0v) is 12.5. The van der Waals surface area contributed by atoms with Gasteiger partial charge in [-0.15, -0.1) is 0 Å². The molecular formula is C17H23FO2. The molecule has 1 aromatic rings. The molecule has 1 aliphatic carbocycles. The highest BCUT2D eigenvalue weighted by Crippen LogP contribution is 2.43. The van der Waals surface area contributed by atoms with E-state index >= 15 is 0 Å². The second-order valence-corrected chi connectivity index (χ2v) is 6.43. The van der Waals surface area contributed by atoms with Crippen molar-refractivity contribution in [3.05, 3.63) is 35.6 Å². The van der Waals surface area contributed by atoms with Crippen molar-refractivity contribution >= 4 is 5.78 Å². The molecule has 0 aromatic heterocycles. The van der Waals surface area contributed by atoms with Gasteiger partial charge in [0.2, 0.25) is 0 Å². The summed E-state index contributed by atoms with van der Waals surface area (Å²) in [5.74, 6) is -0.451. The number of ketones is 1. The number of benzene rings is 1.